The highest BCUT2D eigenvalue weighted by Crippen LogP contribution is 2.15. The summed E-state index contributed by atoms with van der Waals surface area (Å²) in [5.41, 5.74) is 2.61. The van der Waals surface area contributed by atoms with Gasteiger partial charge in [-0.1, -0.05) is 11.6 Å². The monoisotopic (exact) mass is 260 g/mol. The Morgan fingerprint density at radius 2 is 2.00 bits per heavy atom. The largest absolute Gasteiger partial charge is 0.316 e. The zero-order valence-corrected chi connectivity index (χ0v) is 10.8. The van der Waals surface area contributed by atoms with Crippen molar-refractivity contribution in [1.29, 1.82) is 0 Å². The van der Waals surface area contributed by atoms with Crippen molar-refractivity contribution >= 4 is 30.9 Å². The van der Waals surface area contributed by atoms with Crippen LogP contribution in [0.2, 0.25) is 0 Å². The molecule has 4 heteroatoms. The van der Waals surface area contributed by atoms with Gasteiger partial charge in [-0.05, 0) is 50.6 Å². The fourth-order valence-corrected chi connectivity index (χ4v) is 1.75. The SMILES string of the molecule is C(=C1\CCCNCC1)/c1ccccn1.Cl.Cl. The van der Waals surface area contributed by atoms with Gasteiger partial charge in [0.25, 0.3) is 0 Å². The Balaban J connectivity index is 0.00000112. The first-order chi connectivity index (χ1) is 6.95. The quantitative estimate of drug-likeness (QED) is 0.840. The molecule has 1 aliphatic heterocycles. The van der Waals surface area contributed by atoms with Crippen molar-refractivity contribution in [3.8, 4) is 0 Å². The van der Waals surface area contributed by atoms with Gasteiger partial charge in [0.15, 0.2) is 0 Å². The van der Waals surface area contributed by atoms with E-state index in [1.165, 1.54) is 18.4 Å². The summed E-state index contributed by atoms with van der Waals surface area (Å²) in [4.78, 5) is 4.31. The van der Waals surface area contributed by atoms with E-state index in [1.54, 1.807) is 0 Å². The Labute approximate surface area is 109 Å². The van der Waals surface area contributed by atoms with Crippen LogP contribution in [-0.4, -0.2) is 18.1 Å². The van der Waals surface area contributed by atoms with Crippen LogP contribution >= 0.6 is 24.8 Å². The summed E-state index contributed by atoms with van der Waals surface area (Å²) in [5, 5.41) is 3.40. The molecular formula is C12H18Cl2N2. The molecular weight excluding hydrogens is 243 g/mol. The highest BCUT2D eigenvalue weighted by molar-refractivity contribution is 5.85. The second kappa shape index (κ2) is 8.57. The second-order valence-corrected chi connectivity index (χ2v) is 3.66. The van der Waals surface area contributed by atoms with Crippen LogP contribution in [0.25, 0.3) is 6.08 Å². The number of rotatable bonds is 1. The van der Waals surface area contributed by atoms with Crippen molar-refractivity contribution in [1.82, 2.24) is 10.3 Å². The standard InChI is InChI=1S/C12H16N2.2ClH/c1-2-8-14-12(5-1)10-11-4-3-7-13-9-6-11;;/h1-2,5,8,10,13H,3-4,6-7,9H2;2*1H/b11-10-;;. The van der Waals surface area contributed by atoms with Gasteiger partial charge in [-0.15, -0.1) is 24.8 Å². The molecule has 1 aromatic heterocycles. The van der Waals surface area contributed by atoms with Gasteiger partial charge in [0.05, 0.1) is 5.69 Å². The fourth-order valence-electron chi connectivity index (χ4n) is 1.75. The third kappa shape index (κ3) is 4.97. The number of aromatic nitrogens is 1. The molecule has 0 aliphatic carbocycles. The summed E-state index contributed by atoms with van der Waals surface area (Å²) in [7, 11) is 0. The molecule has 0 bridgehead atoms. The highest BCUT2D eigenvalue weighted by Gasteiger charge is 2.03. The second-order valence-electron chi connectivity index (χ2n) is 3.66. The minimum atomic E-state index is 0. The summed E-state index contributed by atoms with van der Waals surface area (Å²) in [6, 6.07) is 6.05. The molecule has 0 saturated carbocycles. The predicted molar refractivity (Wildman–Crippen MR) is 73.4 cm³/mol. The molecule has 2 heterocycles. The molecule has 2 nitrogen and oxygen atoms in total. The van der Waals surface area contributed by atoms with Crippen LogP contribution < -0.4 is 5.32 Å². The lowest BCUT2D eigenvalue weighted by Crippen LogP contribution is -2.13. The molecule has 16 heavy (non-hydrogen) atoms. The smallest absolute Gasteiger partial charge is 0.0629 e. The van der Waals surface area contributed by atoms with Gasteiger partial charge >= 0.3 is 0 Å². The molecule has 1 aromatic rings. The molecule has 1 N–H and O–H groups in total. The Bertz CT molecular complexity index is 302. The molecule has 0 amide bonds. The Morgan fingerprint density at radius 1 is 1.12 bits per heavy atom. The van der Waals surface area contributed by atoms with E-state index in [1.807, 2.05) is 18.3 Å². The zero-order chi connectivity index (χ0) is 9.64. The molecule has 90 valence electrons. The first-order valence-electron chi connectivity index (χ1n) is 5.26. The molecule has 1 saturated heterocycles. The zero-order valence-electron chi connectivity index (χ0n) is 9.19. The van der Waals surface area contributed by atoms with Crippen LogP contribution in [-0.2, 0) is 0 Å². The first kappa shape index (κ1) is 15.4. The van der Waals surface area contributed by atoms with Gasteiger partial charge in [0, 0.05) is 6.20 Å². The minimum Gasteiger partial charge on any atom is -0.316 e. The molecule has 1 aliphatic rings. The van der Waals surface area contributed by atoms with Gasteiger partial charge in [0.1, 0.15) is 0 Å². The lowest BCUT2D eigenvalue weighted by Gasteiger charge is -2.01. The summed E-state index contributed by atoms with van der Waals surface area (Å²) >= 11 is 0. The van der Waals surface area contributed by atoms with Crippen molar-refractivity contribution in [2.75, 3.05) is 13.1 Å². The van der Waals surface area contributed by atoms with E-state index in [9.17, 15) is 0 Å². The summed E-state index contributed by atoms with van der Waals surface area (Å²) in [5.74, 6) is 0. The topological polar surface area (TPSA) is 24.9 Å². The van der Waals surface area contributed by atoms with Crippen LogP contribution in [0, 0.1) is 0 Å². The van der Waals surface area contributed by atoms with Crippen LogP contribution in [0.1, 0.15) is 25.0 Å². The number of halogens is 2. The number of pyridine rings is 1. The molecule has 0 aromatic carbocycles. The van der Waals surface area contributed by atoms with Gasteiger partial charge in [-0.2, -0.15) is 0 Å². The Kier molecular flexibility index (Phi) is 8.26. The van der Waals surface area contributed by atoms with Crippen molar-refractivity contribution in [2.24, 2.45) is 0 Å². The van der Waals surface area contributed by atoms with Crippen molar-refractivity contribution < 1.29 is 0 Å². The number of nitrogens with zero attached hydrogens (tertiary/aromatic N) is 1. The summed E-state index contributed by atoms with van der Waals surface area (Å²) in [6.45, 7) is 2.26. The maximum absolute atomic E-state index is 4.31. The van der Waals surface area contributed by atoms with E-state index in [0.29, 0.717) is 0 Å². The lowest BCUT2D eigenvalue weighted by molar-refractivity contribution is 0.703. The number of nitrogens with one attached hydrogen (secondary N) is 1. The average Bonchev–Trinajstić information content (AvgIpc) is 2.48. The Hall–Kier alpha value is -0.570. The summed E-state index contributed by atoms with van der Waals surface area (Å²) in [6.07, 6.45) is 7.70. The maximum atomic E-state index is 4.31. The third-order valence-electron chi connectivity index (χ3n) is 2.51. The van der Waals surface area contributed by atoms with Crippen molar-refractivity contribution in [3.05, 3.63) is 35.7 Å². The molecule has 0 radical (unpaired) electrons. The average molecular weight is 261 g/mol. The van der Waals surface area contributed by atoms with Crippen LogP contribution in [0.15, 0.2) is 30.0 Å². The van der Waals surface area contributed by atoms with Crippen LogP contribution in [0.3, 0.4) is 0 Å². The van der Waals surface area contributed by atoms with E-state index in [4.69, 9.17) is 0 Å². The normalized spacial score (nSPS) is 18.1. The molecule has 0 unspecified atom stereocenters. The van der Waals surface area contributed by atoms with E-state index in [-0.39, 0.29) is 24.8 Å². The highest BCUT2D eigenvalue weighted by atomic mass is 35.5. The fraction of sp³-hybridized carbons (Fsp3) is 0.417. The Morgan fingerprint density at radius 3 is 2.75 bits per heavy atom. The first-order valence-corrected chi connectivity index (χ1v) is 5.26. The van der Waals surface area contributed by atoms with E-state index >= 15 is 0 Å². The van der Waals surface area contributed by atoms with Crippen LogP contribution in [0.4, 0.5) is 0 Å². The maximum Gasteiger partial charge on any atom is 0.0629 e. The number of hydrogen-bond donors (Lipinski definition) is 1. The van der Waals surface area contributed by atoms with Crippen molar-refractivity contribution in [3.63, 3.8) is 0 Å². The molecule has 0 atom stereocenters. The van der Waals surface area contributed by atoms with Gasteiger partial charge in [0.2, 0.25) is 0 Å². The van der Waals surface area contributed by atoms with Crippen molar-refractivity contribution in [2.45, 2.75) is 19.3 Å². The van der Waals surface area contributed by atoms with Gasteiger partial charge in [-0.3, -0.25) is 4.98 Å². The lowest BCUT2D eigenvalue weighted by atomic mass is 10.1. The minimum absolute atomic E-state index is 0. The third-order valence-corrected chi connectivity index (χ3v) is 2.51. The molecule has 0 spiro atoms. The van der Waals surface area contributed by atoms with E-state index < -0.39 is 0 Å². The molecule has 1 fully saturated rings. The predicted octanol–water partition coefficient (Wildman–Crippen LogP) is 3.08. The number of hydrogen-bond acceptors (Lipinski definition) is 2. The van der Waals surface area contributed by atoms with E-state index in [0.717, 1.165) is 25.2 Å². The van der Waals surface area contributed by atoms with Crippen LogP contribution in [0.5, 0.6) is 0 Å². The molecule has 2 rings (SSSR count). The van der Waals surface area contributed by atoms with Gasteiger partial charge in [-0.25, -0.2) is 0 Å². The summed E-state index contributed by atoms with van der Waals surface area (Å²) < 4.78 is 0. The van der Waals surface area contributed by atoms with Gasteiger partial charge < -0.3 is 5.32 Å². The van der Waals surface area contributed by atoms with E-state index in [2.05, 4.69) is 22.4 Å².